The van der Waals surface area contributed by atoms with Crippen LogP contribution >= 0.6 is 0 Å². The van der Waals surface area contributed by atoms with E-state index in [1.807, 2.05) is 0 Å². The number of carbonyl (C=O) groups is 2. The summed E-state index contributed by atoms with van der Waals surface area (Å²) < 4.78 is 0. The number of rotatable bonds is 3. The summed E-state index contributed by atoms with van der Waals surface area (Å²) in [5, 5.41) is 9.49. The molecule has 5 heteroatoms. The van der Waals surface area contributed by atoms with Crippen molar-refractivity contribution in [2.75, 3.05) is 6.54 Å². The van der Waals surface area contributed by atoms with Gasteiger partial charge in [-0.1, -0.05) is 19.3 Å². The molecule has 1 aliphatic carbocycles. The van der Waals surface area contributed by atoms with Crippen molar-refractivity contribution in [2.45, 2.75) is 76.4 Å². The molecule has 0 aromatic carbocycles. The average Bonchev–Trinajstić information content (AvgIpc) is 2.39. The molecule has 2 rings (SSSR count). The molecule has 1 aliphatic heterocycles. The summed E-state index contributed by atoms with van der Waals surface area (Å²) in [5.74, 6) is -0.0905. The van der Waals surface area contributed by atoms with Gasteiger partial charge in [0.15, 0.2) is 0 Å². The Morgan fingerprint density at radius 1 is 1.20 bits per heavy atom. The number of hydrogen-bond acceptors (Lipinski definition) is 3. The number of carbonyl (C=O) groups excluding carboxylic acids is 2. The van der Waals surface area contributed by atoms with Gasteiger partial charge in [-0.3, -0.25) is 9.59 Å². The molecule has 1 saturated carbocycles. The molecule has 2 atom stereocenters. The van der Waals surface area contributed by atoms with Gasteiger partial charge in [-0.05, 0) is 39.2 Å². The molecule has 2 amide bonds. The Hall–Kier alpha value is -1.10. The van der Waals surface area contributed by atoms with Gasteiger partial charge < -0.3 is 16.0 Å². The lowest BCUT2D eigenvalue weighted by atomic mass is 9.80. The third-order valence-corrected chi connectivity index (χ3v) is 4.52. The first-order valence-corrected chi connectivity index (χ1v) is 7.85. The largest absolute Gasteiger partial charge is 0.351 e. The molecule has 1 saturated heterocycles. The van der Waals surface area contributed by atoms with E-state index in [1.165, 1.54) is 6.92 Å². The Morgan fingerprint density at radius 2 is 1.90 bits per heavy atom. The fraction of sp³-hybridized carbons (Fsp3) is 0.867. The number of hydrogen-bond donors (Lipinski definition) is 3. The predicted molar refractivity (Wildman–Crippen MR) is 78.3 cm³/mol. The van der Waals surface area contributed by atoms with E-state index in [4.69, 9.17) is 0 Å². The Kier molecular flexibility index (Phi) is 5.02. The third kappa shape index (κ3) is 3.72. The van der Waals surface area contributed by atoms with Gasteiger partial charge in [0, 0.05) is 19.0 Å². The van der Waals surface area contributed by atoms with Gasteiger partial charge in [0.05, 0.1) is 0 Å². The Morgan fingerprint density at radius 3 is 2.50 bits per heavy atom. The summed E-state index contributed by atoms with van der Waals surface area (Å²) in [5.41, 5.74) is -0.668. The predicted octanol–water partition coefficient (Wildman–Crippen LogP) is 1.08. The van der Waals surface area contributed by atoms with Crippen LogP contribution in [0.3, 0.4) is 0 Å². The monoisotopic (exact) mass is 281 g/mol. The normalized spacial score (nSPS) is 29.5. The zero-order chi connectivity index (χ0) is 14.6. The van der Waals surface area contributed by atoms with Crippen LogP contribution in [-0.4, -0.2) is 36.0 Å². The summed E-state index contributed by atoms with van der Waals surface area (Å²) in [7, 11) is 0. The molecule has 2 fully saturated rings. The lowest BCUT2D eigenvalue weighted by Crippen LogP contribution is -2.61. The first-order valence-electron chi connectivity index (χ1n) is 7.85. The van der Waals surface area contributed by atoms with Crippen LogP contribution in [0.1, 0.15) is 58.8 Å². The van der Waals surface area contributed by atoms with E-state index in [0.717, 1.165) is 51.5 Å². The van der Waals surface area contributed by atoms with Gasteiger partial charge in [0.2, 0.25) is 11.8 Å². The van der Waals surface area contributed by atoms with E-state index in [0.29, 0.717) is 6.04 Å². The molecule has 20 heavy (non-hydrogen) atoms. The van der Waals surface area contributed by atoms with Crippen LogP contribution in [0.25, 0.3) is 0 Å². The fourth-order valence-corrected chi connectivity index (χ4v) is 3.49. The Labute approximate surface area is 121 Å². The van der Waals surface area contributed by atoms with Crippen LogP contribution in [0, 0.1) is 0 Å². The molecule has 2 aliphatic rings. The fourth-order valence-electron chi connectivity index (χ4n) is 3.49. The second-order valence-corrected chi connectivity index (χ2v) is 6.37. The van der Waals surface area contributed by atoms with Crippen molar-refractivity contribution < 1.29 is 9.59 Å². The molecule has 3 N–H and O–H groups in total. The van der Waals surface area contributed by atoms with Gasteiger partial charge in [0.25, 0.3) is 0 Å². The van der Waals surface area contributed by atoms with E-state index < -0.39 is 5.54 Å². The van der Waals surface area contributed by atoms with Crippen LogP contribution in [0.2, 0.25) is 0 Å². The minimum Gasteiger partial charge on any atom is -0.351 e. The minimum absolute atomic E-state index is 0.0199. The van der Waals surface area contributed by atoms with E-state index in [2.05, 4.69) is 22.9 Å². The second-order valence-electron chi connectivity index (χ2n) is 6.37. The van der Waals surface area contributed by atoms with Crippen molar-refractivity contribution >= 4 is 11.8 Å². The van der Waals surface area contributed by atoms with E-state index in [-0.39, 0.29) is 17.9 Å². The summed E-state index contributed by atoms with van der Waals surface area (Å²) in [6, 6.07) is 0.670. The smallest absolute Gasteiger partial charge is 0.245 e. The van der Waals surface area contributed by atoms with Crippen molar-refractivity contribution in [3.63, 3.8) is 0 Å². The lowest BCUT2D eigenvalue weighted by Gasteiger charge is -2.38. The molecule has 0 radical (unpaired) electrons. The maximum absolute atomic E-state index is 12.7. The number of piperidine rings is 1. The summed E-state index contributed by atoms with van der Waals surface area (Å²) in [6.07, 6.45) is 6.62. The quantitative estimate of drug-likeness (QED) is 0.725. The molecule has 5 nitrogen and oxygen atoms in total. The highest BCUT2D eigenvalue weighted by molar-refractivity contribution is 5.91. The van der Waals surface area contributed by atoms with Gasteiger partial charge in [-0.2, -0.15) is 0 Å². The average molecular weight is 281 g/mol. The first kappa shape index (κ1) is 15.3. The summed E-state index contributed by atoms with van der Waals surface area (Å²) >= 11 is 0. The summed E-state index contributed by atoms with van der Waals surface area (Å²) in [6.45, 7) is 4.58. The van der Waals surface area contributed by atoms with Crippen molar-refractivity contribution in [3.8, 4) is 0 Å². The molecule has 0 aromatic rings. The van der Waals surface area contributed by atoms with Gasteiger partial charge >= 0.3 is 0 Å². The van der Waals surface area contributed by atoms with Gasteiger partial charge in [-0.25, -0.2) is 0 Å². The molecular weight excluding hydrogens is 254 g/mol. The zero-order valence-corrected chi connectivity index (χ0v) is 12.6. The molecule has 0 aromatic heterocycles. The lowest BCUT2D eigenvalue weighted by molar-refractivity contribution is -0.135. The van der Waals surface area contributed by atoms with Crippen LogP contribution in [0.5, 0.6) is 0 Å². The molecule has 1 heterocycles. The van der Waals surface area contributed by atoms with Crippen molar-refractivity contribution in [1.29, 1.82) is 0 Å². The maximum Gasteiger partial charge on any atom is 0.245 e. The standard InChI is InChI=1S/C15H27N3O2/c1-11-10-13(6-9-16-11)17-14(20)15(18-12(2)19)7-4-3-5-8-15/h11,13,16H,3-10H2,1-2H3,(H,17,20)(H,18,19). The molecule has 2 unspecified atom stereocenters. The van der Waals surface area contributed by atoms with Gasteiger partial charge in [-0.15, -0.1) is 0 Å². The van der Waals surface area contributed by atoms with Crippen LogP contribution in [0.4, 0.5) is 0 Å². The van der Waals surface area contributed by atoms with Gasteiger partial charge in [0.1, 0.15) is 5.54 Å². The van der Waals surface area contributed by atoms with E-state index in [1.54, 1.807) is 0 Å². The van der Waals surface area contributed by atoms with Crippen LogP contribution in [-0.2, 0) is 9.59 Å². The van der Waals surface area contributed by atoms with Crippen LogP contribution in [0.15, 0.2) is 0 Å². The minimum atomic E-state index is -0.668. The first-order chi connectivity index (χ1) is 9.52. The maximum atomic E-state index is 12.7. The highest BCUT2D eigenvalue weighted by atomic mass is 16.2. The Bertz CT molecular complexity index is 364. The topological polar surface area (TPSA) is 70.2 Å². The van der Waals surface area contributed by atoms with Crippen molar-refractivity contribution in [3.05, 3.63) is 0 Å². The van der Waals surface area contributed by atoms with Crippen LogP contribution < -0.4 is 16.0 Å². The van der Waals surface area contributed by atoms with E-state index >= 15 is 0 Å². The SMILES string of the molecule is CC(=O)NC1(C(=O)NC2CCNC(C)C2)CCCCC1. The van der Waals surface area contributed by atoms with Crippen molar-refractivity contribution in [1.82, 2.24) is 16.0 Å². The summed E-state index contributed by atoms with van der Waals surface area (Å²) in [4.78, 5) is 24.1. The highest BCUT2D eigenvalue weighted by Crippen LogP contribution is 2.29. The Balaban J connectivity index is 2.00. The number of amides is 2. The third-order valence-electron chi connectivity index (χ3n) is 4.52. The zero-order valence-electron chi connectivity index (χ0n) is 12.6. The second kappa shape index (κ2) is 6.57. The number of nitrogens with one attached hydrogen (secondary N) is 3. The van der Waals surface area contributed by atoms with Crippen molar-refractivity contribution in [2.24, 2.45) is 0 Å². The molecule has 114 valence electrons. The molecular formula is C15H27N3O2. The van der Waals surface area contributed by atoms with E-state index in [9.17, 15) is 9.59 Å². The molecule has 0 bridgehead atoms. The highest BCUT2D eigenvalue weighted by Gasteiger charge is 2.41. The molecule has 0 spiro atoms.